The summed E-state index contributed by atoms with van der Waals surface area (Å²) in [5.41, 5.74) is 5.03. The molecule has 98 valence electrons. The number of amides is 2. The van der Waals surface area contributed by atoms with E-state index in [-0.39, 0.29) is 17.9 Å². The summed E-state index contributed by atoms with van der Waals surface area (Å²) in [5.74, 6) is -0.245. The molecular formula is C12H23N3O2. The van der Waals surface area contributed by atoms with Gasteiger partial charge in [0, 0.05) is 12.5 Å². The van der Waals surface area contributed by atoms with Crippen LogP contribution in [0.5, 0.6) is 0 Å². The first kappa shape index (κ1) is 14.0. The average Bonchev–Trinajstić information content (AvgIpc) is 2.76. The molecule has 0 bridgehead atoms. The lowest BCUT2D eigenvalue weighted by molar-refractivity contribution is -0.123. The van der Waals surface area contributed by atoms with Gasteiger partial charge in [-0.3, -0.25) is 9.59 Å². The van der Waals surface area contributed by atoms with Crippen LogP contribution in [0.3, 0.4) is 0 Å². The van der Waals surface area contributed by atoms with Gasteiger partial charge in [0.2, 0.25) is 11.8 Å². The zero-order valence-electron chi connectivity index (χ0n) is 10.5. The van der Waals surface area contributed by atoms with Crippen LogP contribution in [0.1, 0.15) is 45.4 Å². The van der Waals surface area contributed by atoms with Crippen LogP contribution in [0.25, 0.3) is 0 Å². The fraction of sp³-hybridized carbons (Fsp3) is 0.833. The van der Waals surface area contributed by atoms with Crippen LogP contribution >= 0.6 is 0 Å². The van der Waals surface area contributed by atoms with Gasteiger partial charge >= 0.3 is 0 Å². The van der Waals surface area contributed by atoms with E-state index >= 15 is 0 Å². The molecule has 17 heavy (non-hydrogen) atoms. The zero-order valence-corrected chi connectivity index (χ0v) is 10.5. The smallest absolute Gasteiger partial charge is 0.237 e. The summed E-state index contributed by atoms with van der Waals surface area (Å²) in [6.07, 6.45) is 5.66. The minimum Gasteiger partial charge on any atom is -0.370 e. The molecule has 1 unspecified atom stereocenters. The molecule has 0 aromatic heterocycles. The topological polar surface area (TPSA) is 84.2 Å². The van der Waals surface area contributed by atoms with Gasteiger partial charge in [0.05, 0.1) is 6.04 Å². The molecule has 2 amide bonds. The summed E-state index contributed by atoms with van der Waals surface area (Å²) < 4.78 is 0. The summed E-state index contributed by atoms with van der Waals surface area (Å²) in [5, 5.41) is 6.13. The van der Waals surface area contributed by atoms with Crippen LogP contribution in [0.4, 0.5) is 0 Å². The Hall–Kier alpha value is -1.10. The minimum absolute atomic E-state index is 0.0518. The largest absolute Gasteiger partial charge is 0.370 e. The van der Waals surface area contributed by atoms with E-state index in [9.17, 15) is 9.59 Å². The van der Waals surface area contributed by atoms with Crippen molar-refractivity contribution in [3.63, 3.8) is 0 Å². The number of carbonyl (C=O) groups is 2. The molecule has 5 nitrogen and oxygen atoms in total. The van der Waals surface area contributed by atoms with E-state index in [4.69, 9.17) is 5.73 Å². The van der Waals surface area contributed by atoms with Crippen molar-refractivity contribution in [3.05, 3.63) is 0 Å². The van der Waals surface area contributed by atoms with Crippen molar-refractivity contribution in [3.8, 4) is 0 Å². The maximum atomic E-state index is 11.8. The highest BCUT2D eigenvalue weighted by molar-refractivity contribution is 5.81. The average molecular weight is 241 g/mol. The number of hydrogen-bond acceptors (Lipinski definition) is 3. The summed E-state index contributed by atoms with van der Waals surface area (Å²) in [6, 6.07) is 0.154. The monoisotopic (exact) mass is 241 g/mol. The third-order valence-electron chi connectivity index (χ3n) is 3.15. The standard InChI is InChI=1S/C12H23N3O2/c1-9(14-8-4-7-11(13)16)12(17)15-10-5-2-3-6-10/h9-10,14H,2-8H2,1H3,(H2,13,16)(H,15,17). The molecule has 0 heterocycles. The summed E-state index contributed by atoms with van der Waals surface area (Å²) in [7, 11) is 0. The fourth-order valence-corrected chi connectivity index (χ4v) is 2.07. The Labute approximate surface area is 103 Å². The van der Waals surface area contributed by atoms with E-state index in [1.807, 2.05) is 6.92 Å². The first-order valence-corrected chi connectivity index (χ1v) is 6.41. The summed E-state index contributed by atoms with van der Waals surface area (Å²) in [6.45, 7) is 2.48. The second-order valence-electron chi connectivity index (χ2n) is 4.74. The van der Waals surface area contributed by atoms with Gasteiger partial charge in [-0.1, -0.05) is 12.8 Å². The summed E-state index contributed by atoms with van der Waals surface area (Å²) >= 11 is 0. The van der Waals surface area contributed by atoms with Gasteiger partial charge in [0.15, 0.2) is 0 Å². The summed E-state index contributed by atoms with van der Waals surface area (Å²) in [4.78, 5) is 22.3. The van der Waals surface area contributed by atoms with Crippen molar-refractivity contribution in [2.75, 3.05) is 6.54 Å². The highest BCUT2D eigenvalue weighted by Gasteiger charge is 2.19. The molecule has 0 aromatic rings. The van der Waals surface area contributed by atoms with Gasteiger partial charge in [-0.15, -0.1) is 0 Å². The molecule has 0 radical (unpaired) electrons. The molecule has 0 aromatic carbocycles. The van der Waals surface area contributed by atoms with E-state index in [2.05, 4.69) is 10.6 Å². The highest BCUT2D eigenvalue weighted by atomic mass is 16.2. The van der Waals surface area contributed by atoms with Crippen LogP contribution in [-0.2, 0) is 9.59 Å². The van der Waals surface area contributed by atoms with Gasteiger partial charge < -0.3 is 16.4 Å². The maximum absolute atomic E-state index is 11.8. The SMILES string of the molecule is CC(NCCCC(N)=O)C(=O)NC1CCCC1. The van der Waals surface area contributed by atoms with E-state index in [1.165, 1.54) is 12.8 Å². The quantitative estimate of drug-likeness (QED) is 0.560. The first-order chi connectivity index (χ1) is 8.09. The second-order valence-corrected chi connectivity index (χ2v) is 4.74. The molecule has 0 aliphatic heterocycles. The van der Waals surface area contributed by atoms with E-state index in [0.29, 0.717) is 25.4 Å². The van der Waals surface area contributed by atoms with Gasteiger partial charge in [0.25, 0.3) is 0 Å². The van der Waals surface area contributed by atoms with Gasteiger partial charge in [-0.05, 0) is 32.7 Å². The van der Waals surface area contributed by atoms with E-state index in [0.717, 1.165) is 12.8 Å². The van der Waals surface area contributed by atoms with Crippen LogP contribution in [0.2, 0.25) is 0 Å². The van der Waals surface area contributed by atoms with E-state index in [1.54, 1.807) is 0 Å². The van der Waals surface area contributed by atoms with Crippen LogP contribution in [0, 0.1) is 0 Å². The van der Waals surface area contributed by atoms with Gasteiger partial charge in [0.1, 0.15) is 0 Å². The number of nitrogens with two attached hydrogens (primary N) is 1. The van der Waals surface area contributed by atoms with Crippen molar-refractivity contribution in [2.45, 2.75) is 57.5 Å². The molecule has 1 aliphatic carbocycles. The van der Waals surface area contributed by atoms with E-state index < -0.39 is 0 Å². The Kier molecular flexibility index (Phi) is 5.97. The minimum atomic E-state index is -0.296. The number of nitrogens with one attached hydrogen (secondary N) is 2. The van der Waals surface area contributed by atoms with Crippen molar-refractivity contribution < 1.29 is 9.59 Å². The number of primary amides is 1. The van der Waals surface area contributed by atoms with Crippen LogP contribution in [0.15, 0.2) is 0 Å². The van der Waals surface area contributed by atoms with Gasteiger partial charge in [-0.25, -0.2) is 0 Å². The molecule has 4 N–H and O–H groups in total. The Morgan fingerprint density at radius 3 is 2.59 bits per heavy atom. The second kappa shape index (κ2) is 7.27. The van der Waals surface area contributed by atoms with Crippen LogP contribution < -0.4 is 16.4 Å². The molecule has 1 saturated carbocycles. The molecule has 1 aliphatic rings. The fourth-order valence-electron chi connectivity index (χ4n) is 2.07. The van der Waals surface area contributed by atoms with Crippen molar-refractivity contribution in [1.82, 2.24) is 10.6 Å². The molecule has 5 heteroatoms. The first-order valence-electron chi connectivity index (χ1n) is 6.41. The Balaban J connectivity index is 2.11. The molecule has 1 atom stereocenters. The highest BCUT2D eigenvalue weighted by Crippen LogP contribution is 2.17. The normalized spacial score (nSPS) is 17.9. The number of hydrogen-bond donors (Lipinski definition) is 3. The maximum Gasteiger partial charge on any atom is 0.237 e. The predicted octanol–water partition coefficient (Wildman–Crippen LogP) is 0.289. The van der Waals surface area contributed by atoms with Crippen molar-refractivity contribution >= 4 is 11.8 Å². The predicted molar refractivity (Wildman–Crippen MR) is 66.3 cm³/mol. The lowest BCUT2D eigenvalue weighted by atomic mass is 10.2. The van der Waals surface area contributed by atoms with Crippen LogP contribution in [-0.4, -0.2) is 30.4 Å². The molecule has 0 saturated heterocycles. The Morgan fingerprint density at radius 2 is 2.00 bits per heavy atom. The number of rotatable bonds is 7. The van der Waals surface area contributed by atoms with Crippen molar-refractivity contribution in [1.29, 1.82) is 0 Å². The van der Waals surface area contributed by atoms with Crippen molar-refractivity contribution in [2.24, 2.45) is 5.73 Å². The molecule has 0 spiro atoms. The molecule has 1 fully saturated rings. The molecular weight excluding hydrogens is 218 g/mol. The Bertz CT molecular complexity index is 262. The molecule has 1 rings (SSSR count). The lowest BCUT2D eigenvalue weighted by Gasteiger charge is -2.17. The zero-order chi connectivity index (χ0) is 12.7. The third kappa shape index (κ3) is 5.68. The lowest BCUT2D eigenvalue weighted by Crippen LogP contribution is -2.45. The Morgan fingerprint density at radius 1 is 1.35 bits per heavy atom. The number of carbonyl (C=O) groups excluding carboxylic acids is 2. The third-order valence-corrected chi connectivity index (χ3v) is 3.15. The van der Waals surface area contributed by atoms with Gasteiger partial charge in [-0.2, -0.15) is 0 Å².